The first-order valence-electron chi connectivity index (χ1n) is 8.01. The molecule has 3 nitrogen and oxygen atoms in total. The molecule has 1 aromatic heterocycles. The highest BCUT2D eigenvalue weighted by Gasteiger charge is 2.29. The van der Waals surface area contributed by atoms with Crippen LogP contribution in [0.3, 0.4) is 0 Å². The zero-order chi connectivity index (χ0) is 15.1. The Morgan fingerprint density at radius 2 is 2.05 bits per heavy atom. The highest BCUT2D eigenvalue weighted by molar-refractivity contribution is 7.99. The Bertz CT molecular complexity index is 493. The molecule has 1 heterocycles. The monoisotopic (exact) mass is 326 g/mol. The van der Waals surface area contributed by atoms with Crippen molar-refractivity contribution in [1.82, 2.24) is 9.97 Å². The molecule has 1 aromatic rings. The summed E-state index contributed by atoms with van der Waals surface area (Å²) in [7, 11) is 0. The van der Waals surface area contributed by atoms with Gasteiger partial charge in [0.1, 0.15) is 0 Å². The van der Waals surface area contributed by atoms with Gasteiger partial charge in [0.05, 0.1) is 0 Å². The van der Waals surface area contributed by atoms with E-state index in [0.717, 1.165) is 35.2 Å². The van der Waals surface area contributed by atoms with E-state index in [-0.39, 0.29) is 5.56 Å². The summed E-state index contributed by atoms with van der Waals surface area (Å²) in [5, 5.41) is 0.774. The van der Waals surface area contributed by atoms with Crippen LogP contribution in [0.5, 0.6) is 0 Å². The highest BCUT2D eigenvalue weighted by Crippen LogP contribution is 2.39. The maximum Gasteiger partial charge on any atom is 0.251 e. The minimum absolute atomic E-state index is 0.0308. The number of aromatic nitrogens is 2. The molecule has 0 unspecified atom stereocenters. The Hall–Kier alpha value is -0.420. The summed E-state index contributed by atoms with van der Waals surface area (Å²) in [5.74, 6) is 1.94. The molecule has 0 aromatic carbocycles. The topological polar surface area (TPSA) is 45.8 Å². The highest BCUT2D eigenvalue weighted by atomic mass is 32.2. The summed E-state index contributed by atoms with van der Waals surface area (Å²) in [4.78, 5) is 19.2. The fourth-order valence-electron chi connectivity index (χ4n) is 2.98. The summed E-state index contributed by atoms with van der Waals surface area (Å²) in [6.45, 7) is 2.11. The molecule has 21 heavy (non-hydrogen) atoms. The minimum Gasteiger partial charge on any atom is -0.301 e. The van der Waals surface area contributed by atoms with Crippen molar-refractivity contribution in [1.29, 1.82) is 0 Å². The van der Waals surface area contributed by atoms with Gasteiger partial charge in [-0.3, -0.25) is 4.79 Å². The molecule has 0 radical (unpaired) electrons. The molecule has 2 rings (SSSR count). The first-order chi connectivity index (χ1) is 10.2. The van der Waals surface area contributed by atoms with Crippen LogP contribution in [0.25, 0.3) is 0 Å². The van der Waals surface area contributed by atoms with Crippen LogP contribution >= 0.6 is 24.4 Å². The fourth-order valence-corrected chi connectivity index (χ4v) is 4.75. The molecule has 0 bridgehead atoms. The molecule has 0 aliphatic heterocycles. The van der Waals surface area contributed by atoms with E-state index < -0.39 is 0 Å². The van der Waals surface area contributed by atoms with Crippen molar-refractivity contribution in [3.63, 3.8) is 0 Å². The van der Waals surface area contributed by atoms with Gasteiger partial charge in [-0.15, -0.1) is 0 Å². The number of hydrogen-bond acceptors (Lipinski definition) is 4. The van der Waals surface area contributed by atoms with E-state index in [1.807, 2.05) is 0 Å². The Labute approximate surface area is 137 Å². The molecule has 1 aliphatic rings. The van der Waals surface area contributed by atoms with Crippen molar-refractivity contribution in [3.8, 4) is 0 Å². The lowest BCUT2D eigenvalue weighted by molar-refractivity contribution is 0.332. The standard InChI is InChI=1S/C16H26N2OS2/c1-2-7-13-10-14(19)18-15(17-13)21-12-16(11-20)8-5-3-4-6-9-16/h10,20H,2-9,11-12H2,1H3,(H,17,18,19). The van der Waals surface area contributed by atoms with Gasteiger partial charge in [0.2, 0.25) is 0 Å². The second kappa shape index (κ2) is 8.28. The van der Waals surface area contributed by atoms with Crippen LogP contribution < -0.4 is 5.56 Å². The summed E-state index contributed by atoms with van der Waals surface area (Å²) in [6, 6.07) is 1.62. The lowest BCUT2D eigenvalue weighted by Gasteiger charge is -2.30. The zero-order valence-electron chi connectivity index (χ0n) is 12.9. The van der Waals surface area contributed by atoms with Gasteiger partial charge in [-0.1, -0.05) is 50.8 Å². The number of thioether (sulfide) groups is 1. The predicted molar refractivity (Wildman–Crippen MR) is 93.6 cm³/mol. The number of aryl methyl sites for hydroxylation is 1. The molecular formula is C16H26N2OS2. The molecule has 1 fully saturated rings. The number of H-pyrrole nitrogens is 1. The van der Waals surface area contributed by atoms with Crippen molar-refractivity contribution in [2.45, 2.75) is 63.4 Å². The first-order valence-corrected chi connectivity index (χ1v) is 9.63. The van der Waals surface area contributed by atoms with Crippen LogP contribution in [0.15, 0.2) is 16.0 Å². The normalized spacial score (nSPS) is 18.4. The Balaban J connectivity index is 2.05. The van der Waals surface area contributed by atoms with Gasteiger partial charge in [0, 0.05) is 17.5 Å². The molecule has 0 atom stereocenters. The third-order valence-electron chi connectivity index (χ3n) is 4.29. The van der Waals surface area contributed by atoms with Crippen molar-refractivity contribution >= 4 is 24.4 Å². The molecule has 118 valence electrons. The van der Waals surface area contributed by atoms with E-state index in [4.69, 9.17) is 0 Å². The number of nitrogens with one attached hydrogen (secondary N) is 1. The number of rotatable bonds is 6. The van der Waals surface area contributed by atoms with Gasteiger partial charge < -0.3 is 4.98 Å². The van der Waals surface area contributed by atoms with Crippen LogP contribution in [0, 0.1) is 5.41 Å². The third-order valence-corrected chi connectivity index (χ3v) is 6.19. The van der Waals surface area contributed by atoms with Crippen LogP contribution in [-0.4, -0.2) is 21.5 Å². The molecule has 0 saturated heterocycles. The molecule has 1 saturated carbocycles. The van der Waals surface area contributed by atoms with E-state index in [2.05, 4.69) is 29.5 Å². The van der Waals surface area contributed by atoms with Crippen molar-refractivity contribution in [2.24, 2.45) is 5.41 Å². The lowest BCUT2D eigenvalue weighted by Crippen LogP contribution is -2.25. The second-order valence-corrected chi connectivity index (χ2v) is 7.43. The Kier molecular flexibility index (Phi) is 6.68. The molecular weight excluding hydrogens is 300 g/mol. The quantitative estimate of drug-likeness (QED) is 0.358. The fraction of sp³-hybridized carbons (Fsp3) is 0.750. The number of aromatic amines is 1. The van der Waals surface area contributed by atoms with Gasteiger partial charge in [0.15, 0.2) is 5.16 Å². The average Bonchev–Trinajstić information content (AvgIpc) is 2.71. The Morgan fingerprint density at radius 1 is 1.33 bits per heavy atom. The average molecular weight is 327 g/mol. The van der Waals surface area contributed by atoms with E-state index >= 15 is 0 Å². The number of nitrogens with zero attached hydrogens (tertiary/aromatic N) is 1. The van der Waals surface area contributed by atoms with E-state index in [9.17, 15) is 4.79 Å². The van der Waals surface area contributed by atoms with Crippen LogP contribution in [0.2, 0.25) is 0 Å². The summed E-state index contributed by atoms with van der Waals surface area (Å²) in [5.41, 5.74) is 1.19. The lowest BCUT2D eigenvalue weighted by atomic mass is 9.84. The summed E-state index contributed by atoms with van der Waals surface area (Å²) in [6.07, 6.45) is 9.70. The minimum atomic E-state index is -0.0308. The smallest absolute Gasteiger partial charge is 0.251 e. The summed E-state index contributed by atoms with van der Waals surface area (Å²) < 4.78 is 0. The van der Waals surface area contributed by atoms with Crippen molar-refractivity contribution in [2.75, 3.05) is 11.5 Å². The third kappa shape index (κ3) is 5.06. The first kappa shape index (κ1) is 16.9. The molecule has 0 spiro atoms. The maximum absolute atomic E-state index is 11.7. The van der Waals surface area contributed by atoms with E-state index in [1.165, 1.54) is 38.5 Å². The van der Waals surface area contributed by atoms with E-state index in [0.29, 0.717) is 5.41 Å². The summed E-state index contributed by atoms with van der Waals surface area (Å²) >= 11 is 6.31. The van der Waals surface area contributed by atoms with Gasteiger partial charge in [-0.05, 0) is 30.4 Å². The number of hydrogen-bond donors (Lipinski definition) is 2. The van der Waals surface area contributed by atoms with Gasteiger partial charge in [-0.2, -0.15) is 12.6 Å². The van der Waals surface area contributed by atoms with E-state index in [1.54, 1.807) is 17.8 Å². The molecule has 0 amide bonds. The maximum atomic E-state index is 11.7. The predicted octanol–water partition coefficient (Wildman–Crippen LogP) is 4.08. The second-order valence-electron chi connectivity index (χ2n) is 6.15. The Morgan fingerprint density at radius 3 is 2.67 bits per heavy atom. The van der Waals surface area contributed by atoms with Gasteiger partial charge in [0.25, 0.3) is 5.56 Å². The van der Waals surface area contributed by atoms with Crippen LogP contribution in [-0.2, 0) is 6.42 Å². The largest absolute Gasteiger partial charge is 0.301 e. The molecule has 1 N–H and O–H groups in total. The van der Waals surface area contributed by atoms with Gasteiger partial charge in [-0.25, -0.2) is 4.98 Å². The van der Waals surface area contributed by atoms with Crippen LogP contribution in [0.4, 0.5) is 0 Å². The van der Waals surface area contributed by atoms with Gasteiger partial charge >= 0.3 is 0 Å². The van der Waals surface area contributed by atoms with Crippen LogP contribution in [0.1, 0.15) is 57.6 Å². The zero-order valence-corrected chi connectivity index (χ0v) is 14.6. The molecule has 1 aliphatic carbocycles. The SMILES string of the molecule is CCCc1cc(=O)[nH]c(SCC2(CS)CCCCCC2)n1. The number of thiol groups is 1. The molecule has 5 heteroatoms. The van der Waals surface area contributed by atoms with Crippen molar-refractivity contribution < 1.29 is 0 Å². The van der Waals surface area contributed by atoms with Crippen molar-refractivity contribution in [3.05, 3.63) is 22.1 Å².